The second kappa shape index (κ2) is 7.05. The highest BCUT2D eigenvalue weighted by atomic mass is 35.5. The highest BCUT2D eigenvalue weighted by Gasteiger charge is 2.17. The molecule has 0 saturated carbocycles. The average molecular weight is 346 g/mol. The number of nitrogens with one attached hydrogen (secondary N) is 1. The molecule has 0 fully saturated rings. The molecule has 0 unspecified atom stereocenters. The van der Waals surface area contributed by atoms with Crippen molar-refractivity contribution in [2.24, 2.45) is 0 Å². The SMILES string of the molecule is CCCN(CCC)c1cnn(-c2nc3ccccc3[nH]2)c(=O)c1Cl. The number of hydrogen-bond donors (Lipinski definition) is 1. The lowest BCUT2D eigenvalue weighted by molar-refractivity contribution is 0.721. The Balaban J connectivity index is 2.05. The smallest absolute Gasteiger partial charge is 0.295 e. The molecule has 1 aromatic carbocycles. The van der Waals surface area contributed by atoms with E-state index in [0.717, 1.165) is 37.0 Å². The average Bonchev–Trinajstić information content (AvgIpc) is 3.01. The van der Waals surface area contributed by atoms with Crippen molar-refractivity contribution in [2.45, 2.75) is 26.7 Å². The van der Waals surface area contributed by atoms with Gasteiger partial charge in [-0.2, -0.15) is 9.78 Å². The summed E-state index contributed by atoms with van der Waals surface area (Å²) >= 11 is 6.36. The number of rotatable bonds is 6. The van der Waals surface area contributed by atoms with E-state index in [2.05, 4.69) is 33.8 Å². The Kier molecular flexibility index (Phi) is 4.85. The number of benzene rings is 1. The van der Waals surface area contributed by atoms with Crippen LogP contribution >= 0.6 is 11.6 Å². The van der Waals surface area contributed by atoms with E-state index in [0.29, 0.717) is 11.6 Å². The molecular weight excluding hydrogens is 326 g/mol. The van der Waals surface area contributed by atoms with Gasteiger partial charge in [-0.15, -0.1) is 0 Å². The fourth-order valence-electron chi connectivity index (χ4n) is 2.73. The number of fused-ring (bicyclic) bond motifs is 1. The Morgan fingerprint density at radius 3 is 2.58 bits per heavy atom. The van der Waals surface area contributed by atoms with Crippen molar-refractivity contribution in [3.8, 4) is 5.95 Å². The molecule has 0 amide bonds. The number of anilines is 1. The summed E-state index contributed by atoms with van der Waals surface area (Å²) in [7, 11) is 0. The van der Waals surface area contributed by atoms with Gasteiger partial charge < -0.3 is 9.88 Å². The molecule has 2 aromatic heterocycles. The normalized spacial score (nSPS) is 11.1. The van der Waals surface area contributed by atoms with Crippen molar-refractivity contribution in [1.29, 1.82) is 0 Å². The summed E-state index contributed by atoms with van der Waals surface area (Å²) in [6.45, 7) is 5.87. The molecule has 0 aliphatic carbocycles. The molecule has 0 spiro atoms. The standard InChI is InChI=1S/C17H20ClN5O/c1-3-9-22(10-4-2)14-11-19-23(16(24)15(14)18)17-20-12-7-5-6-8-13(12)21-17/h5-8,11H,3-4,9-10H2,1-2H3,(H,20,21). The Morgan fingerprint density at radius 1 is 1.21 bits per heavy atom. The van der Waals surface area contributed by atoms with Gasteiger partial charge >= 0.3 is 0 Å². The molecule has 126 valence electrons. The zero-order valence-electron chi connectivity index (χ0n) is 13.8. The van der Waals surface area contributed by atoms with Gasteiger partial charge in [-0.3, -0.25) is 4.79 Å². The Bertz CT molecular complexity index is 862. The quantitative estimate of drug-likeness (QED) is 0.743. The van der Waals surface area contributed by atoms with Crippen LogP contribution in [0.15, 0.2) is 35.3 Å². The third kappa shape index (κ3) is 3.01. The second-order valence-corrected chi connectivity index (χ2v) is 6.00. The van der Waals surface area contributed by atoms with Crippen LogP contribution in [0.1, 0.15) is 26.7 Å². The molecule has 24 heavy (non-hydrogen) atoms. The van der Waals surface area contributed by atoms with Gasteiger partial charge in [-0.05, 0) is 25.0 Å². The van der Waals surface area contributed by atoms with E-state index in [-0.39, 0.29) is 10.6 Å². The first-order valence-electron chi connectivity index (χ1n) is 8.13. The number of para-hydroxylation sites is 2. The molecular formula is C17H20ClN5O. The van der Waals surface area contributed by atoms with Crippen molar-refractivity contribution in [1.82, 2.24) is 19.7 Å². The van der Waals surface area contributed by atoms with Gasteiger partial charge in [0.2, 0.25) is 5.95 Å². The predicted molar refractivity (Wildman–Crippen MR) is 97.3 cm³/mol. The fourth-order valence-corrected chi connectivity index (χ4v) is 2.98. The molecule has 0 atom stereocenters. The predicted octanol–water partition coefficient (Wildman–Crippen LogP) is 3.39. The molecule has 2 heterocycles. The van der Waals surface area contributed by atoms with E-state index in [9.17, 15) is 4.79 Å². The van der Waals surface area contributed by atoms with Crippen LogP contribution in [0, 0.1) is 0 Å². The number of hydrogen-bond acceptors (Lipinski definition) is 4. The molecule has 7 heteroatoms. The van der Waals surface area contributed by atoms with E-state index >= 15 is 0 Å². The molecule has 0 aliphatic heterocycles. The summed E-state index contributed by atoms with van der Waals surface area (Å²) in [4.78, 5) is 22.3. The minimum absolute atomic E-state index is 0.173. The van der Waals surface area contributed by atoms with Gasteiger partial charge in [0.05, 0.1) is 22.9 Å². The molecule has 0 radical (unpaired) electrons. The van der Waals surface area contributed by atoms with Gasteiger partial charge in [-0.25, -0.2) is 4.98 Å². The maximum atomic E-state index is 12.7. The maximum absolute atomic E-state index is 12.7. The van der Waals surface area contributed by atoms with Crippen molar-refractivity contribution >= 4 is 28.3 Å². The van der Waals surface area contributed by atoms with Crippen LogP contribution in [-0.4, -0.2) is 32.8 Å². The Morgan fingerprint density at radius 2 is 1.92 bits per heavy atom. The van der Waals surface area contributed by atoms with Gasteiger partial charge in [0.15, 0.2) is 0 Å². The van der Waals surface area contributed by atoms with Gasteiger partial charge in [-0.1, -0.05) is 37.6 Å². The van der Waals surface area contributed by atoms with Crippen molar-refractivity contribution < 1.29 is 0 Å². The molecule has 1 N–H and O–H groups in total. The highest BCUT2D eigenvalue weighted by Crippen LogP contribution is 2.22. The maximum Gasteiger partial charge on any atom is 0.295 e. The topological polar surface area (TPSA) is 66.8 Å². The Labute approximate surface area is 145 Å². The van der Waals surface area contributed by atoms with Gasteiger partial charge in [0.25, 0.3) is 5.56 Å². The number of H-pyrrole nitrogens is 1. The van der Waals surface area contributed by atoms with Crippen molar-refractivity contribution in [2.75, 3.05) is 18.0 Å². The number of aromatic nitrogens is 4. The van der Waals surface area contributed by atoms with Crippen molar-refractivity contribution in [3.05, 3.63) is 45.8 Å². The largest absolute Gasteiger partial charge is 0.369 e. The van der Waals surface area contributed by atoms with Crippen molar-refractivity contribution in [3.63, 3.8) is 0 Å². The molecule has 3 rings (SSSR count). The summed E-state index contributed by atoms with van der Waals surface area (Å²) in [6.07, 6.45) is 3.59. The zero-order valence-corrected chi connectivity index (χ0v) is 14.5. The van der Waals surface area contributed by atoms with Gasteiger partial charge in [0.1, 0.15) is 5.02 Å². The number of nitrogens with zero attached hydrogens (tertiary/aromatic N) is 4. The molecule has 0 bridgehead atoms. The molecule has 0 aliphatic rings. The van der Waals surface area contributed by atoms with Crippen LogP contribution in [0.2, 0.25) is 5.02 Å². The summed E-state index contributed by atoms with van der Waals surface area (Å²) < 4.78 is 1.21. The third-order valence-corrected chi connectivity index (χ3v) is 4.16. The summed E-state index contributed by atoms with van der Waals surface area (Å²) in [5, 5.41) is 4.45. The fraction of sp³-hybridized carbons (Fsp3) is 0.353. The van der Waals surface area contributed by atoms with E-state index in [1.54, 1.807) is 6.20 Å². The van der Waals surface area contributed by atoms with Crippen LogP contribution in [0.3, 0.4) is 0 Å². The number of aromatic amines is 1. The van der Waals surface area contributed by atoms with Crippen LogP contribution < -0.4 is 10.5 Å². The second-order valence-electron chi connectivity index (χ2n) is 5.63. The van der Waals surface area contributed by atoms with Gasteiger partial charge in [0, 0.05) is 13.1 Å². The van der Waals surface area contributed by atoms with E-state index in [4.69, 9.17) is 11.6 Å². The summed E-state index contributed by atoms with van der Waals surface area (Å²) in [6, 6.07) is 7.58. The van der Waals surface area contributed by atoms with Crippen LogP contribution in [-0.2, 0) is 0 Å². The van der Waals surface area contributed by atoms with E-state index in [1.165, 1.54) is 4.68 Å². The lowest BCUT2D eigenvalue weighted by atomic mass is 10.3. The van der Waals surface area contributed by atoms with E-state index < -0.39 is 0 Å². The monoisotopic (exact) mass is 345 g/mol. The number of imidazole rings is 1. The van der Waals surface area contributed by atoms with Crippen LogP contribution in [0.5, 0.6) is 0 Å². The molecule has 0 saturated heterocycles. The molecule has 6 nitrogen and oxygen atoms in total. The third-order valence-electron chi connectivity index (χ3n) is 3.81. The summed E-state index contributed by atoms with van der Waals surface area (Å²) in [5.41, 5.74) is 1.93. The minimum Gasteiger partial charge on any atom is -0.369 e. The number of halogens is 1. The first kappa shape index (κ1) is 16.5. The highest BCUT2D eigenvalue weighted by molar-refractivity contribution is 6.33. The lowest BCUT2D eigenvalue weighted by Gasteiger charge is -2.24. The van der Waals surface area contributed by atoms with Crippen LogP contribution in [0.4, 0.5) is 5.69 Å². The van der Waals surface area contributed by atoms with E-state index in [1.807, 2.05) is 24.3 Å². The zero-order chi connectivity index (χ0) is 17.1. The lowest BCUT2D eigenvalue weighted by Crippen LogP contribution is -2.30. The minimum atomic E-state index is -0.370. The first-order valence-corrected chi connectivity index (χ1v) is 8.51. The summed E-state index contributed by atoms with van der Waals surface area (Å²) in [5.74, 6) is 0.368. The Hall–Kier alpha value is -2.34. The van der Waals surface area contributed by atoms with Crippen LogP contribution in [0.25, 0.3) is 17.0 Å². The molecule has 3 aromatic rings. The first-order chi connectivity index (χ1) is 11.7.